The average molecular weight is 446 g/mol. The minimum absolute atomic E-state index is 0.301. The summed E-state index contributed by atoms with van der Waals surface area (Å²) in [6.07, 6.45) is 1.61. The molecule has 4 rings (SSSR count). The van der Waals surface area contributed by atoms with Crippen molar-refractivity contribution in [3.8, 4) is 0 Å². The minimum Gasteiger partial charge on any atom is -0.321 e. The maximum absolute atomic E-state index is 12.9. The molecule has 3 aromatic carbocycles. The third-order valence-corrected chi connectivity index (χ3v) is 5.08. The molecule has 0 spiro atoms. The van der Waals surface area contributed by atoms with Crippen LogP contribution >= 0.6 is 15.9 Å². The summed E-state index contributed by atoms with van der Waals surface area (Å²) in [4.78, 5) is 29.8. The van der Waals surface area contributed by atoms with Crippen molar-refractivity contribution in [3.63, 3.8) is 0 Å². The van der Waals surface area contributed by atoms with Crippen LogP contribution in [0.25, 0.3) is 10.9 Å². The lowest BCUT2D eigenvalue weighted by Gasteiger charge is -2.12. The average Bonchev–Trinajstić information content (AvgIpc) is 2.74. The number of hydrogen-bond donors (Lipinski definition) is 2. The molecule has 29 heavy (non-hydrogen) atoms. The lowest BCUT2D eigenvalue weighted by molar-refractivity contribution is 0.102. The van der Waals surface area contributed by atoms with E-state index in [1.807, 2.05) is 36.4 Å². The van der Waals surface area contributed by atoms with E-state index >= 15 is 0 Å². The van der Waals surface area contributed by atoms with Crippen LogP contribution < -0.4 is 10.6 Å². The maximum Gasteiger partial charge on any atom is 0.257 e. The van der Waals surface area contributed by atoms with Gasteiger partial charge in [0.25, 0.3) is 11.8 Å². The van der Waals surface area contributed by atoms with Crippen LogP contribution in [-0.4, -0.2) is 16.8 Å². The maximum atomic E-state index is 12.9. The third kappa shape index (κ3) is 4.17. The van der Waals surface area contributed by atoms with Gasteiger partial charge in [0.1, 0.15) is 0 Å². The van der Waals surface area contributed by atoms with Crippen molar-refractivity contribution in [2.24, 2.45) is 0 Å². The summed E-state index contributed by atoms with van der Waals surface area (Å²) >= 11 is 3.37. The zero-order chi connectivity index (χ0) is 20.2. The van der Waals surface area contributed by atoms with E-state index in [4.69, 9.17) is 0 Å². The second-order valence-corrected chi connectivity index (χ2v) is 7.20. The quantitative estimate of drug-likeness (QED) is 0.435. The first kappa shape index (κ1) is 18.8. The van der Waals surface area contributed by atoms with Crippen LogP contribution in [0.4, 0.5) is 11.4 Å². The molecule has 0 bridgehead atoms. The number of pyridine rings is 1. The van der Waals surface area contributed by atoms with Gasteiger partial charge in [0.05, 0.1) is 34.2 Å². The van der Waals surface area contributed by atoms with Crippen molar-refractivity contribution < 1.29 is 9.59 Å². The number of benzene rings is 3. The van der Waals surface area contributed by atoms with Gasteiger partial charge in [-0.1, -0.05) is 42.5 Å². The minimum atomic E-state index is -0.329. The molecule has 4 aromatic rings. The number of amides is 2. The number of nitrogens with one attached hydrogen (secondary N) is 2. The second-order valence-electron chi connectivity index (χ2n) is 6.35. The highest BCUT2D eigenvalue weighted by molar-refractivity contribution is 9.10. The fourth-order valence-electron chi connectivity index (χ4n) is 2.96. The van der Waals surface area contributed by atoms with E-state index < -0.39 is 0 Å². The molecule has 0 saturated heterocycles. The van der Waals surface area contributed by atoms with Crippen LogP contribution in [0.2, 0.25) is 0 Å². The van der Waals surface area contributed by atoms with Crippen LogP contribution in [0, 0.1) is 0 Å². The number of carbonyl (C=O) groups is 2. The molecule has 1 heterocycles. The van der Waals surface area contributed by atoms with Gasteiger partial charge in [0.15, 0.2) is 0 Å². The largest absolute Gasteiger partial charge is 0.321 e. The Morgan fingerprint density at radius 3 is 2.24 bits per heavy atom. The smallest absolute Gasteiger partial charge is 0.257 e. The Bertz CT molecular complexity index is 1220. The molecule has 1 aromatic heterocycles. The summed E-state index contributed by atoms with van der Waals surface area (Å²) in [7, 11) is 0. The molecular formula is C23H16BrN3O2. The van der Waals surface area contributed by atoms with E-state index in [-0.39, 0.29) is 11.8 Å². The summed E-state index contributed by atoms with van der Waals surface area (Å²) in [6, 6.07) is 23.5. The predicted octanol–water partition coefficient (Wildman–Crippen LogP) is 5.50. The van der Waals surface area contributed by atoms with Crippen molar-refractivity contribution in [1.82, 2.24) is 4.98 Å². The molecule has 142 valence electrons. The van der Waals surface area contributed by atoms with Gasteiger partial charge in [0.2, 0.25) is 0 Å². The number of hydrogen-bond acceptors (Lipinski definition) is 3. The summed E-state index contributed by atoms with van der Waals surface area (Å²) in [6.45, 7) is 0. The predicted molar refractivity (Wildman–Crippen MR) is 118 cm³/mol. The molecule has 0 atom stereocenters. The van der Waals surface area contributed by atoms with Crippen molar-refractivity contribution in [2.75, 3.05) is 10.6 Å². The lowest BCUT2D eigenvalue weighted by Crippen LogP contribution is -2.18. The fraction of sp³-hybridized carbons (Fsp3) is 0. The second kappa shape index (κ2) is 8.24. The standard InChI is InChI=1S/C23H16BrN3O2/c24-19-10-4-2-8-17(19)22(28)27-21-12-6-3-9-18(21)23(29)26-16-13-15-7-1-5-11-20(15)25-14-16/h1-14H,(H,26,29)(H,27,28). The van der Waals surface area contributed by atoms with E-state index in [1.165, 1.54) is 0 Å². The Hall–Kier alpha value is -3.51. The topological polar surface area (TPSA) is 71.1 Å². The Labute approximate surface area is 175 Å². The first-order valence-corrected chi connectivity index (χ1v) is 9.72. The van der Waals surface area contributed by atoms with Gasteiger partial charge in [-0.2, -0.15) is 0 Å². The van der Waals surface area contributed by atoms with Gasteiger partial charge >= 0.3 is 0 Å². The van der Waals surface area contributed by atoms with Crippen LogP contribution in [0.3, 0.4) is 0 Å². The molecule has 0 aliphatic heterocycles. The van der Waals surface area contributed by atoms with Gasteiger partial charge in [-0.3, -0.25) is 14.6 Å². The third-order valence-electron chi connectivity index (χ3n) is 4.39. The Balaban J connectivity index is 1.57. The molecule has 0 saturated carbocycles. The first-order chi connectivity index (χ1) is 14.1. The number of halogens is 1. The highest BCUT2D eigenvalue weighted by Gasteiger charge is 2.16. The normalized spacial score (nSPS) is 10.5. The SMILES string of the molecule is O=C(Nc1ccccc1C(=O)Nc1cnc2ccccc2c1)c1ccccc1Br. The Kier molecular flexibility index (Phi) is 5.35. The summed E-state index contributed by atoms with van der Waals surface area (Å²) < 4.78 is 0.682. The molecule has 0 aliphatic rings. The molecule has 6 heteroatoms. The summed E-state index contributed by atoms with van der Waals surface area (Å²) in [5.74, 6) is -0.629. The van der Waals surface area contributed by atoms with Gasteiger partial charge in [-0.25, -0.2) is 0 Å². The van der Waals surface area contributed by atoms with Crippen LogP contribution in [0.15, 0.2) is 89.5 Å². The van der Waals surface area contributed by atoms with E-state index in [9.17, 15) is 9.59 Å². The van der Waals surface area contributed by atoms with Crippen LogP contribution in [0.5, 0.6) is 0 Å². The molecule has 0 radical (unpaired) electrons. The highest BCUT2D eigenvalue weighted by atomic mass is 79.9. The van der Waals surface area contributed by atoms with Crippen molar-refractivity contribution in [3.05, 3.63) is 101 Å². The zero-order valence-electron chi connectivity index (χ0n) is 15.2. The Morgan fingerprint density at radius 1 is 0.759 bits per heavy atom. The van der Waals surface area contributed by atoms with Crippen LogP contribution in [-0.2, 0) is 0 Å². The van der Waals surface area contributed by atoms with Gasteiger partial charge in [-0.15, -0.1) is 0 Å². The lowest BCUT2D eigenvalue weighted by atomic mass is 10.1. The fourth-order valence-corrected chi connectivity index (χ4v) is 3.43. The molecule has 0 aliphatic carbocycles. The number of nitrogens with zero attached hydrogens (tertiary/aromatic N) is 1. The van der Waals surface area contributed by atoms with Crippen molar-refractivity contribution >= 4 is 50.0 Å². The molecule has 2 amide bonds. The summed E-state index contributed by atoms with van der Waals surface area (Å²) in [5, 5.41) is 6.60. The number of fused-ring (bicyclic) bond motifs is 1. The number of para-hydroxylation sites is 2. The van der Waals surface area contributed by atoms with Gasteiger partial charge in [0, 0.05) is 9.86 Å². The van der Waals surface area contributed by atoms with Crippen molar-refractivity contribution in [2.45, 2.75) is 0 Å². The highest BCUT2D eigenvalue weighted by Crippen LogP contribution is 2.22. The number of anilines is 2. The van der Waals surface area contributed by atoms with E-state index in [0.29, 0.717) is 27.0 Å². The summed E-state index contributed by atoms with van der Waals surface area (Å²) in [5.41, 5.74) is 2.72. The number of aromatic nitrogens is 1. The first-order valence-electron chi connectivity index (χ1n) is 8.93. The van der Waals surface area contributed by atoms with E-state index in [1.54, 1.807) is 48.7 Å². The zero-order valence-corrected chi connectivity index (χ0v) is 16.8. The van der Waals surface area contributed by atoms with Gasteiger partial charge in [-0.05, 0) is 52.3 Å². The van der Waals surface area contributed by atoms with Crippen LogP contribution in [0.1, 0.15) is 20.7 Å². The van der Waals surface area contributed by atoms with E-state index in [2.05, 4.69) is 31.5 Å². The molecular weight excluding hydrogens is 430 g/mol. The monoisotopic (exact) mass is 445 g/mol. The molecule has 2 N–H and O–H groups in total. The molecule has 0 fully saturated rings. The number of rotatable bonds is 4. The molecule has 5 nitrogen and oxygen atoms in total. The number of carbonyl (C=O) groups excluding carboxylic acids is 2. The van der Waals surface area contributed by atoms with E-state index in [0.717, 1.165) is 10.9 Å². The molecule has 0 unspecified atom stereocenters. The van der Waals surface area contributed by atoms with Gasteiger partial charge < -0.3 is 10.6 Å². The Morgan fingerprint density at radius 2 is 1.41 bits per heavy atom. The van der Waals surface area contributed by atoms with Crippen molar-refractivity contribution in [1.29, 1.82) is 0 Å².